The van der Waals surface area contributed by atoms with Gasteiger partial charge in [-0.2, -0.15) is 0 Å². The van der Waals surface area contributed by atoms with E-state index in [0.29, 0.717) is 17.0 Å². The summed E-state index contributed by atoms with van der Waals surface area (Å²) in [5.74, 6) is 0.502. The van der Waals surface area contributed by atoms with Crippen LogP contribution in [0.15, 0.2) is 46.0 Å². The second-order valence-corrected chi connectivity index (χ2v) is 5.00. The quantitative estimate of drug-likeness (QED) is 0.536. The third-order valence-corrected chi connectivity index (χ3v) is 3.64. The lowest BCUT2D eigenvalue weighted by Gasteiger charge is -2.07. The van der Waals surface area contributed by atoms with E-state index in [4.69, 9.17) is 4.52 Å². The van der Waals surface area contributed by atoms with Crippen molar-refractivity contribution in [2.75, 3.05) is 0 Å². The van der Waals surface area contributed by atoms with Gasteiger partial charge < -0.3 is 9.09 Å². The van der Waals surface area contributed by atoms with Gasteiger partial charge in [-0.15, -0.1) is 0 Å². The Hall–Kier alpha value is -2.89. The monoisotopic (exact) mass is 280 g/mol. The zero-order valence-electron chi connectivity index (χ0n) is 11.6. The minimum absolute atomic E-state index is 0.116. The molecule has 3 aromatic heterocycles. The van der Waals surface area contributed by atoms with Crippen LogP contribution < -0.4 is 5.56 Å². The summed E-state index contributed by atoms with van der Waals surface area (Å²) in [6.45, 7) is 1.83. The number of aromatic nitrogens is 4. The van der Waals surface area contributed by atoms with Crippen LogP contribution in [-0.2, 0) is 7.05 Å². The van der Waals surface area contributed by atoms with Gasteiger partial charge in [-0.3, -0.25) is 9.20 Å². The van der Waals surface area contributed by atoms with Crippen LogP contribution >= 0.6 is 0 Å². The molecule has 0 aliphatic carbocycles. The van der Waals surface area contributed by atoms with Crippen LogP contribution in [0.4, 0.5) is 0 Å². The Morgan fingerprint density at radius 2 is 1.95 bits per heavy atom. The number of fused-ring (bicyclic) bond motifs is 3. The molecule has 0 aliphatic heterocycles. The van der Waals surface area contributed by atoms with E-state index >= 15 is 0 Å². The summed E-state index contributed by atoms with van der Waals surface area (Å²) in [4.78, 5) is 17.0. The Balaban J connectivity index is 2.20. The Labute approximate surface area is 119 Å². The average Bonchev–Trinajstić information content (AvgIpc) is 3.11. The lowest BCUT2D eigenvalue weighted by molar-refractivity contribution is 0.426. The average molecular weight is 280 g/mol. The molecular formula is C15H12N4O2. The van der Waals surface area contributed by atoms with Crippen molar-refractivity contribution in [3.63, 3.8) is 0 Å². The third-order valence-electron chi connectivity index (χ3n) is 3.64. The molecular weight excluding hydrogens is 268 g/mol. The molecule has 104 valence electrons. The topological polar surface area (TPSA) is 65.3 Å². The molecule has 0 aliphatic rings. The highest BCUT2D eigenvalue weighted by atomic mass is 16.5. The first-order valence-electron chi connectivity index (χ1n) is 6.55. The number of hydrogen-bond donors (Lipinski definition) is 0. The molecule has 0 fully saturated rings. The smallest absolute Gasteiger partial charge is 0.277 e. The summed E-state index contributed by atoms with van der Waals surface area (Å²) in [6.07, 6.45) is 1.65. The second-order valence-electron chi connectivity index (χ2n) is 5.00. The van der Waals surface area contributed by atoms with Gasteiger partial charge in [0.2, 0.25) is 0 Å². The minimum Gasteiger partial charge on any atom is -0.354 e. The lowest BCUT2D eigenvalue weighted by Crippen LogP contribution is -2.19. The van der Waals surface area contributed by atoms with Gasteiger partial charge >= 0.3 is 0 Å². The van der Waals surface area contributed by atoms with Gasteiger partial charge in [-0.25, -0.2) is 4.98 Å². The van der Waals surface area contributed by atoms with Crippen molar-refractivity contribution in [3.8, 4) is 11.5 Å². The lowest BCUT2D eigenvalue weighted by atomic mass is 10.2. The molecule has 0 radical (unpaired) electrons. The number of imidazole rings is 1. The highest BCUT2D eigenvalue weighted by molar-refractivity contribution is 5.83. The first-order chi connectivity index (χ1) is 10.2. The molecule has 0 N–H and O–H groups in total. The van der Waals surface area contributed by atoms with Crippen LogP contribution in [0.1, 0.15) is 5.69 Å². The van der Waals surface area contributed by atoms with Crippen LogP contribution in [0, 0.1) is 6.92 Å². The fourth-order valence-electron chi connectivity index (χ4n) is 2.61. The number of benzene rings is 1. The van der Waals surface area contributed by atoms with Crippen LogP contribution in [0.2, 0.25) is 0 Å². The largest absolute Gasteiger partial charge is 0.354 e. The van der Waals surface area contributed by atoms with Crippen LogP contribution in [0.5, 0.6) is 0 Å². The fraction of sp³-hybridized carbons (Fsp3) is 0.133. The number of para-hydroxylation sites is 2. The van der Waals surface area contributed by atoms with Crippen LogP contribution in [0.25, 0.3) is 28.0 Å². The van der Waals surface area contributed by atoms with E-state index in [0.717, 1.165) is 16.7 Å². The molecule has 0 spiro atoms. The van der Waals surface area contributed by atoms with Crippen LogP contribution in [-0.4, -0.2) is 19.1 Å². The summed E-state index contributed by atoms with van der Waals surface area (Å²) in [6, 6.07) is 9.49. The molecule has 6 heteroatoms. The zero-order chi connectivity index (χ0) is 14.6. The number of aryl methyl sites for hydroxylation is 2. The van der Waals surface area contributed by atoms with E-state index in [1.807, 2.05) is 31.2 Å². The Bertz CT molecular complexity index is 1040. The van der Waals surface area contributed by atoms with E-state index in [1.165, 1.54) is 0 Å². The maximum absolute atomic E-state index is 12.6. The number of nitrogens with zero attached hydrogens (tertiary/aromatic N) is 4. The van der Waals surface area contributed by atoms with Gasteiger partial charge in [-0.05, 0) is 19.1 Å². The molecule has 0 atom stereocenters. The summed E-state index contributed by atoms with van der Waals surface area (Å²) in [7, 11) is 1.76. The predicted molar refractivity (Wildman–Crippen MR) is 78.2 cm³/mol. The Kier molecular flexibility index (Phi) is 2.29. The van der Waals surface area contributed by atoms with Gasteiger partial charge in [0.05, 0.1) is 16.7 Å². The Morgan fingerprint density at radius 3 is 2.67 bits per heavy atom. The first kappa shape index (κ1) is 11.9. The van der Waals surface area contributed by atoms with Gasteiger partial charge in [0.15, 0.2) is 5.76 Å². The van der Waals surface area contributed by atoms with Crippen molar-refractivity contribution in [1.29, 1.82) is 0 Å². The van der Waals surface area contributed by atoms with Gasteiger partial charge in [-0.1, -0.05) is 17.3 Å². The van der Waals surface area contributed by atoms with E-state index in [2.05, 4.69) is 10.1 Å². The molecule has 4 rings (SSSR count). The van der Waals surface area contributed by atoms with E-state index in [1.54, 1.807) is 28.4 Å². The maximum Gasteiger partial charge on any atom is 0.277 e. The first-order valence-corrected chi connectivity index (χ1v) is 6.55. The Morgan fingerprint density at radius 1 is 1.19 bits per heavy atom. The number of hydrogen-bond acceptors (Lipinski definition) is 4. The summed E-state index contributed by atoms with van der Waals surface area (Å²) in [5.41, 5.74) is 3.42. The SMILES string of the molecule is Cc1cc(-c2ncn3c2c(=O)n(C)c2ccccc23)on1. The highest BCUT2D eigenvalue weighted by Crippen LogP contribution is 2.24. The molecule has 6 nitrogen and oxygen atoms in total. The van der Waals surface area contributed by atoms with Gasteiger partial charge in [0.1, 0.15) is 17.5 Å². The second kappa shape index (κ2) is 4.05. The standard InChI is InChI=1S/C15H12N4O2/c1-9-7-12(21-17-9)13-14-15(20)18(2)10-5-3-4-6-11(10)19(14)8-16-13/h3-8H,1-2H3. The zero-order valence-corrected chi connectivity index (χ0v) is 11.6. The van der Waals surface area contributed by atoms with E-state index in [-0.39, 0.29) is 5.56 Å². The van der Waals surface area contributed by atoms with Crippen molar-refractivity contribution in [3.05, 3.63) is 52.7 Å². The molecule has 1 aromatic carbocycles. The molecule has 0 amide bonds. The van der Waals surface area contributed by atoms with Crippen molar-refractivity contribution in [1.82, 2.24) is 19.1 Å². The molecule has 4 aromatic rings. The maximum atomic E-state index is 12.6. The van der Waals surface area contributed by atoms with Gasteiger partial charge in [0.25, 0.3) is 5.56 Å². The number of rotatable bonds is 1. The van der Waals surface area contributed by atoms with Crippen molar-refractivity contribution in [2.45, 2.75) is 6.92 Å². The van der Waals surface area contributed by atoms with Gasteiger partial charge in [0, 0.05) is 13.1 Å². The van der Waals surface area contributed by atoms with Crippen molar-refractivity contribution in [2.24, 2.45) is 7.05 Å². The van der Waals surface area contributed by atoms with Crippen molar-refractivity contribution >= 4 is 16.6 Å². The summed E-state index contributed by atoms with van der Waals surface area (Å²) >= 11 is 0. The van der Waals surface area contributed by atoms with Crippen molar-refractivity contribution < 1.29 is 4.52 Å². The van der Waals surface area contributed by atoms with E-state index in [9.17, 15) is 4.79 Å². The molecule has 0 saturated carbocycles. The molecule has 0 unspecified atom stereocenters. The molecule has 0 bridgehead atoms. The molecule has 0 saturated heterocycles. The normalized spacial score (nSPS) is 11.5. The van der Waals surface area contributed by atoms with Crippen LogP contribution in [0.3, 0.4) is 0 Å². The molecule has 3 heterocycles. The summed E-state index contributed by atoms with van der Waals surface area (Å²) in [5, 5.41) is 3.86. The predicted octanol–water partition coefficient (Wildman–Crippen LogP) is 2.15. The fourth-order valence-corrected chi connectivity index (χ4v) is 2.61. The highest BCUT2D eigenvalue weighted by Gasteiger charge is 2.17. The molecule has 21 heavy (non-hydrogen) atoms. The third kappa shape index (κ3) is 1.56. The minimum atomic E-state index is -0.116. The summed E-state index contributed by atoms with van der Waals surface area (Å²) < 4.78 is 8.67. The van der Waals surface area contributed by atoms with E-state index < -0.39 is 0 Å².